The third kappa shape index (κ3) is 4.46. The molecule has 3 rings (SSSR count). The number of nitrogens with one attached hydrogen (secondary N) is 2. The minimum atomic E-state index is 0. The Kier molecular flexibility index (Phi) is 6.26. The van der Waals surface area contributed by atoms with Crippen molar-refractivity contribution in [2.75, 3.05) is 18.4 Å². The van der Waals surface area contributed by atoms with Gasteiger partial charge in [0.1, 0.15) is 0 Å². The van der Waals surface area contributed by atoms with Gasteiger partial charge in [-0.15, -0.1) is 12.4 Å². The van der Waals surface area contributed by atoms with Crippen LogP contribution in [0.4, 0.5) is 5.82 Å². The molecule has 1 aromatic rings. The van der Waals surface area contributed by atoms with Crippen LogP contribution in [0.15, 0.2) is 6.07 Å². The molecule has 1 amide bonds. The van der Waals surface area contributed by atoms with E-state index in [0.717, 1.165) is 31.9 Å². The number of hydrogen-bond acceptors (Lipinski definition) is 3. The van der Waals surface area contributed by atoms with Crippen molar-refractivity contribution in [1.82, 2.24) is 15.1 Å². The molecule has 0 atom stereocenters. The van der Waals surface area contributed by atoms with Crippen molar-refractivity contribution >= 4 is 24.1 Å². The lowest BCUT2D eigenvalue weighted by Crippen LogP contribution is -2.28. The van der Waals surface area contributed by atoms with Gasteiger partial charge in [0.2, 0.25) is 5.91 Å². The van der Waals surface area contributed by atoms with Crippen LogP contribution in [-0.4, -0.2) is 28.8 Å². The standard InChI is InChI=1S/C16H26N4O.ClH/c1-2-20-14(13-4-5-13)11-15(19-20)18-16(21)6-3-12-7-9-17-10-8-12;/h11-13,17H,2-10H2,1H3,(H,18,19,21);1H. The quantitative estimate of drug-likeness (QED) is 0.845. The van der Waals surface area contributed by atoms with E-state index in [-0.39, 0.29) is 18.3 Å². The maximum Gasteiger partial charge on any atom is 0.225 e. The number of nitrogens with zero attached hydrogens (tertiary/aromatic N) is 2. The highest BCUT2D eigenvalue weighted by Crippen LogP contribution is 2.40. The molecule has 1 aliphatic carbocycles. The number of hydrogen-bond donors (Lipinski definition) is 2. The summed E-state index contributed by atoms with van der Waals surface area (Å²) in [6.07, 6.45) is 6.52. The zero-order valence-corrected chi connectivity index (χ0v) is 14.1. The van der Waals surface area contributed by atoms with Gasteiger partial charge in [0.25, 0.3) is 0 Å². The van der Waals surface area contributed by atoms with E-state index < -0.39 is 0 Å². The number of amides is 1. The third-order valence-electron chi connectivity index (χ3n) is 4.61. The summed E-state index contributed by atoms with van der Waals surface area (Å²) in [7, 11) is 0. The summed E-state index contributed by atoms with van der Waals surface area (Å²) in [6.45, 7) is 5.16. The van der Waals surface area contributed by atoms with Crippen molar-refractivity contribution in [2.24, 2.45) is 5.92 Å². The molecule has 22 heavy (non-hydrogen) atoms. The summed E-state index contributed by atoms with van der Waals surface area (Å²) >= 11 is 0. The maximum absolute atomic E-state index is 12.1. The molecule has 1 aliphatic heterocycles. The first-order chi connectivity index (χ1) is 10.3. The van der Waals surface area contributed by atoms with Crippen LogP contribution in [0.25, 0.3) is 0 Å². The largest absolute Gasteiger partial charge is 0.317 e. The van der Waals surface area contributed by atoms with Gasteiger partial charge >= 0.3 is 0 Å². The van der Waals surface area contributed by atoms with E-state index >= 15 is 0 Å². The molecule has 2 N–H and O–H groups in total. The van der Waals surface area contributed by atoms with E-state index in [1.807, 2.05) is 4.68 Å². The molecule has 0 bridgehead atoms. The number of piperidine rings is 1. The van der Waals surface area contributed by atoms with Gasteiger partial charge in [0.15, 0.2) is 5.82 Å². The molecular formula is C16H27ClN4O. The highest BCUT2D eigenvalue weighted by Gasteiger charge is 2.28. The van der Waals surface area contributed by atoms with Crippen LogP contribution in [0, 0.1) is 5.92 Å². The fourth-order valence-electron chi connectivity index (χ4n) is 3.16. The predicted octanol–water partition coefficient (Wildman–Crippen LogP) is 2.92. The number of carbonyl (C=O) groups excluding carboxylic acids is 1. The molecule has 0 radical (unpaired) electrons. The number of halogens is 1. The van der Waals surface area contributed by atoms with Crippen LogP contribution in [0.1, 0.15) is 57.1 Å². The van der Waals surface area contributed by atoms with Gasteiger partial charge in [-0.3, -0.25) is 9.48 Å². The van der Waals surface area contributed by atoms with E-state index in [0.29, 0.717) is 18.3 Å². The molecule has 1 saturated heterocycles. The monoisotopic (exact) mass is 326 g/mol. The van der Waals surface area contributed by atoms with E-state index in [2.05, 4.69) is 28.7 Å². The molecule has 124 valence electrons. The smallest absolute Gasteiger partial charge is 0.225 e. The Labute approximate surface area is 138 Å². The molecule has 0 spiro atoms. The Bertz CT molecular complexity index is 492. The fourth-order valence-corrected chi connectivity index (χ4v) is 3.16. The van der Waals surface area contributed by atoms with Crippen molar-refractivity contribution in [3.8, 4) is 0 Å². The summed E-state index contributed by atoms with van der Waals surface area (Å²) < 4.78 is 2.03. The third-order valence-corrected chi connectivity index (χ3v) is 4.61. The number of carbonyl (C=O) groups is 1. The molecule has 2 fully saturated rings. The van der Waals surface area contributed by atoms with Crippen molar-refractivity contribution < 1.29 is 4.79 Å². The topological polar surface area (TPSA) is 59.0 Å². The number of rotatable bonds is 6. The lowest BCUT2D eigenvalue weighted by molar-refractivity contribution is -0.116. The number of anilines is 1. The molecular weight excluding hydrogens is 300 g/mol. The van der Waals surface area contributed by atoms with E-state index in [4.69, 9.17) is 0 Å². The zero-order valence-electron chi connectivity index (χ0n) is 13.3. The Morgan fingerprint density at radius 3 is 2.73 bits per heavy atom. The first kappa shape index (κ1) is 17.3. The van der Waals surface area contributed by atoms with Crippen LogP contribution in [0.2, 0.25) is 0 Å². The van der Waals surface area contributed by atoms with E-state index in [9.17, 15) is 4.79 Å². The second-order valence-corrected chi connectivity index (χ2v) is 6.32. The maximum atomic E-state index is 12.1. The SMILES string of the molecule is CCn1nc(NC(=O)CCC2CCNCC2)cc1C1CC1.Cl. The van der Waals surface area contributed by atoms with Gasteiger partial charge in [0.05, 0.1) is 0 Å². The molecule has 1 aromatic heterocycles. The average molecular weight is 327 g/mol. The Morgan fingerprint density at radius 2 is 2.09 bits per heavy atom. The average Bonchev–Trinajstić information content (AvgIpc) is 3.28. The van der Waals surface area contributed by atoms with Crippen LogP contribution in [-0.2, 0) is 11.3 Å². The van der Waals surface area contributed by atoms with Crippen LogP contribution in [0.3, 0.4) is 0 Å². The second kappa shape index (κ2) is 7.97. The molecule has 2 aliphatic rings. The van der Waals surface area contributed by atoms with Gasteiger partial charge in [-0.25, -0.2) is 0 Å². The van der Waals surface area contributed by atoms with Crippen molar-refractivity contribution in [2.45, 2.75) is 57.9 Å². The highest BCUT2D eigenvalue weighted by atomic mass is 35.5. The number of aromatic nitrogens is 2. The summed E-state index contributed by atoms with van der Waals surface area (Å²) in [5, 5.41) is 10.8. The molecule has 0 aromatic carbocycles. The van der Waals surface area contributed by atoms with Gasteiger partial charge in [-0.2, -0.15) is 5.10 Å². The molecule has 1 saturated carbocycles. The molecule has 6 heteroatoms. The lowest BCUT2D eigenvalue weighted by Gasteiger charge is -2.21. The summed E-state index contributed by atoms with van der Waals surface area (Å²) in [4.78, 5) is 12.1. The highest BCUT2D eigenvalue weighted by molar-refractivity contribution is 5.89. The van der Waals surface area contributed by atoms with E-state index in [1.54, 1.807) is 0 Å². The number of aryl methyl sites for hydroxylation is 1. The summed E-state index contributed by atoms with van der Waals surface area (Å²) in [5.41, 5.74) is 1.28. The molecule has 0 unspecified atom stereocenters. The fraction of sp³-hybridized carbons (Fsp3) is 0.750. The lowest BCUT2D eigenvalue weighted by atomic mass is 9.93. The Morgan fingerprint density at radius 1 is 1.36 bits per heavy atom. The zero-order chi connectivity index (χ0) is 14.7. The van der Waals surface area contributed by atoms with Gasteiger partial charge in [-0.05, 0) is 58.0 Å². The summed E-state index contributed by atoms with van der Waals surface area (Å²) in [6, 6.07) is 2.06. The second-order valence-electron chi connectivity index (χ2n) is 6.32. The van der Waals surface area contributed by atoms with Gasteiger partial charge < -0.3 is 10.6 Å². The first-order valence-electron chi connectivity index (χ1n) is 8.34. The Balaban J connectivity index is 0.00000176. The van der Waals surface area contributed by atoms with Crippen molar-refractivity contribution in [3.63, 3.8) is 0 Å². The summed E-state index contributed by atoms with van der Waals surface area (Å²) in [5.74, 6) is 2.20. The predicted molar refractivity (Wildman–Crippen MR) is 90.6 cm³/mol. The first-order valence-corrected chi connectivity index (χ1v) is 8.34. The van der Waals surface area contributed by atoms with E-state index in [1.165, 1.54) is 31.4 Å². The Hall–Kier alpha value is -1.07. The van der Waals surface area contributed by atoms with Crippen molar-refractivity contribution in [1.29, 1.82) is 0 Å². The van der Waals surface area contributed by atoms with Gasteiger partial charge in [0, 0.05) is 30.6 Å². The minimum Gasteiger partial charge on any atom is -0.317 e. The van der Waals surface area contributed by atoms with Crippen molar-refractivity contribution in [3.05, 3.63) is 11.8 Å². The van der Waals surface area contributed by atoms with Crippen LogP contribution in [0.5, 0.6) is 0 Å². The van der Waals surface area contributed by atoms with Gasteiger partial charge in [-0.1, -0.05) is 0 Å². The van der Waals surface area contributed by atoms with Crippen LogP contribution >= 0.6 is 12.4 Å². The normalized spacial score (nSPS) is 18.8. The van der Waals surface area contributed by atoms with Crippen LogP contribution < -0.4 is 10.6 Å². The molecule has 5 nitrogen and oxygen atoms in total. The molecule has 2 heterocycles. The minimum absolute atomic E-state index is 0.